The highest BCUT2D eigenvalue weighted by atomic mass is 19.1. The summed E-state index contributed by atoms with van der Waals surface area (Å²) in [5, 5.41) is 19.0. The van der Waals surface area contributed by atoms with Gasteiger partial charge in [0.1, 0.15) is 17.7 Å². The van der Waals surface area contributed by atoms with Crippen LogP contribution in [0.4, 0.5) is 8.78 Å². The van der Waals surface area contributed by atoms with Crippen LogP contribution in [0.5, 0.6) is 0 Å². The maximum atomic E-state index is 13.2. The third-order valence-electron chi connectivity index (χ3n) is 2.16. The van der Waals surface area contributed by atoms with Crippen LogP contribution in [0.15, 0.2) is 18.2 Å². The number of nitrogens with one attached hydrogen (secondary N) is 1. The Labute approximate surface area is 105 Å². The van der Waals surface area contributed by atoms with Gasteiger partial charge in [-0.15, -0.1) is 0 Å². The molecule has 0 heterocycles. The van der Waals surface area contributed by atoms with Crippen LogP contribution in [0.1, 0.15) is 16.8 Å². The predicted molar refractivity (Wildman–Crippen MR) is 57.5 cm³/mol. The van der Waals surface area contributed by atoms with Gasteiger partial charge in [-0.05, 0) is 18.2 Å². The minimum Gasteiger partial charge on any atom is -0.481 e. The summed E-state index contributed by atoms with van der Waals surface area (Å²) in [6.45, 7) is 0. The second-order valence-corrected chi connectivity index (χ2v) is 3.59. The number of rotatable bonds is 5. The minimum absolute atomic E-state index is 0.588. The lowest BCUT2D eigenvalue weighted by Gasteiger charge is -2.12. The molecule has 1 aromatic carbocycles. The normalized spacial score (nSPS) is 11.7. The van der Waals surface area contributed by atoms with Gasteiger partial charge in [0.2, 0.25) is 0 Å². The van der Waals surface area contributed by atoms with Gasteiger partial charge in [-0.2, -0.15) is 0 Å². The van der Waals surface area contributed by atoms with Gasteiger partial charge in [0.05, 0.1) is 12.0 Å². The summed E-state index contributed by atoms with van der Waals surface area (Å²) < 4.78 is 26.1. The summed E-state index contributed by atoms with van der Waals surface area (Å²) in [5.74, 6) is -6.17. The molecule has 0 spiro atoms. The Morgan fingerprint density at radius 1 is 1.21 bits per heavy atom. The monoisotopic (exact) mass is 273 g/mol. The van der Waals surface area contributed by atoms with Crippen LogP contribution in [0.25, 0.3) is 0 Å². The topological polar surface area (TPSA) is 104 Å². The van der Waals surface area contributed by atoms with Crippen molar-refractivity contribution in [1.29, 1.82) is 0 Å². The van der Waals surface area contributed by atoms with Gasteiger partial charge >= 0.3 is 11.9 Å². The van der Waals surface area contributed by atoms with Gasteiger partial charge in [0.15, 0.2) is 0 Å². The number of hydrogen-bond donors (Lipinski definition) is 3. The molecule has 6 nitrogen and oxygen atoms in total. The van der Waals surface area contributed by atoms with Crippen molar-refractivity contribution in [3.05, 3.63) is 35.4 Å². The van der Waals surface area contributed by atoms with E-state index in [2.05, 4.69) is 0 Å². The minimum atomic E-state index is -1.73. The van der Waals surface area contributed by atoms with E-state index in [-0.39, 0.29) is 0 Å². The van der Waals surface area contributed by atoms with Crippen LogP contribution in [-0.4, -0.2) is 34.1 Å². The lowest BCUT2D eigenvalue weighted by atomic mass is 10.1. The first-order chi connectivity index (χ1) is 8.81. The van der Waals surface area contributed by atoms with Gasteiger partial charge in [-0.3, -0.25) is 9.59 Å². The molecule has 0 aliphatic carbocycles. The van der Waals surface area contributed by atoms with Crippen molar-refractivity contribution in [3.63, 3.8) is 0 Å². The molecular weight excluding hydrogens is 264 g/mol. The quantitative estimate of drug-likeness (QED) is 0.729. The fourth-order valence-corrected chi connectivity index (χ4v) is 1.28. The van der Waals surface area contributed by atoms with Crippen LogP contribution in [0, 0.1) is 11.6 Å². The Bertz CT molecular complexity index is 532. The number of carbonyl (C=O) groups excluding carboxylic acids is 1. The fourth-order valence-electron chi connectivity index (χ4n) is 1.28. The number of amides is 1. The van der Waals surface area contributed by atoms with E-state index in [0.717, 1.165) is 6.07 Å². The standard InChI is InChI=1S/C11H9F2NO5/c12-5-1-2-7(13)6(3-5)10(17)14-8(11(18)19)4-9(15)16/h1-3,8H,4H2,(H,14,17)(H,15,16)(H,18,19)/t8-/m1/s1. The maximum Gasteiger partial charge on any atom is 0.326 e. The van der Waals surface area contributed by atoms with Crippen LogP contribution in [0.3, 0.4) is 0 Å². The van der Waals surface area contributed by atoms with E-state index in [1.165, 1.54) is 0 Å². The molecule has 1 rings (SSSR count). The molecule has 0 aliphatic rings. The van der Waals surface area contributed by atoms with E-state index < -0.39 is 47.5 Å². The van der Waals surface area contributed by atoms with Crippen molar-refractivity contribution >= 4 is 17.8 Å². The SMILES string of the molecule is O=C(O)C[C@@H](NC(=O)c1cc(F)ccc1F)C(=O)O. The highest BCUT2D eigenvalue weighted by molar-refractivity contribution is 5.97. The molecule has 0 unspecified atom stereocenters. The predicted octanol–water partition coefficient (Wildman–Crippen LogP) is 0.622. The molecule has 0 saturated heterocycles. The third-order valence-corrected chi connectivity index (χ3v) is 2.16. The zero-order chi connectivity index (χ0) is 14.6. The first-order valence-corrected chi connectivity index (χ1v) is 5.01. The summed E-state index contributed by atoms with van der Waals surface area (Å²) in [6, 6.07) is 0.354. The first kappa shape index (κ1) is 14.6. The molecule has 8 heteroatoms. The van der Waals surface area contributed by atoms with Crippen LogP contribution < -0.4 is 5.32 Å². The van der Waals surface area contributed by atoms with Gasteiger partial charge < -0.3 is 15.5 Å². The molecule has 0 bridgehead atoms. The van der Waals surface area contributed by atoms with Crippen molar-refractivity contribution in [1.82, 2.24) is 5.32 Å². The second-order valence-electron chi connectivity index (χ2n) is 3.59. The number of carboxylic acids is 2. The highest BCUT2D eigenvalue weighted by Gasteiger charge is 2.24. The van der Waals surface area contributed by atoms with Crippen LogP contribution in [0.2, 0.25) is 0 Å². The van der Waals surface area contributed by atoms with Crippen molar-refractivity contribution in [2.24, 2.45) is 0 Å². The van der Waals surface area contributed by atoms with E-state index in [9.17, 15) is 23.2 Å². The molecule has 0 radical (unpaired) electrons. The fraction of sp³-hybridized carbons (Fsp3) is 0.182. The van der Waals surface area contributed by atoms with Crippen molar-refractivity contribution in [3.8, 4) is 0 Å². The summed E-state index contributed by atoms with van der Waals surface area (Å²) in [5.41, 5.74) is -0.698. The molecule has 1 amide bonds. The summed E-state index contributed by atoms with van der Waals surface area (Å²) in [7, 11) is 0. The van der Waals surface area contributed by atoms with Crippen LogP contribution in [-0.2, 0) is 9.59 Å². The van der Waals surface area contributed by atoms with E-state index >= 15 is 0 Å². The molecule has 1 aromatic rings. The van der Waals surface area contributed by atoms with E-state index in [0.29, 0.717) is 12.1 Å². The maximum absolute atomic E-state index is 13.2. The molecule has 3 N–H and O–H groups in total. The van der Waals surface area contributed by atoms with Crippen molar-refractivity contribution in [2.75, 3.05) is 0 Å². The Morgan fingerprint density at radius 2 is 1.84 bits per heavy atom. The molecule has 0 saturated carbocycles. The Morgan fingerprint density at radius 3 is 2.37 bits per heavy atom. The smallest absolute Gasteiger partial charge is 0.326 e. The number of carbonyl (C=O) groups is 3. The van der Waals surface area contributed by atoms with Gasteiger partial charge in [0, 0.05) is 0 Å². The van der Waals surface area contributed by atoms with Gasteiger partial charge in [0.25, 0.3) is 5.91 Å². The average Bonchev–Trinajstić information content (AvgIpc) is 2.30. The summed E-state index contributed by atoms with van der Waals surface area (Å²) in [4.78, 5) is 32.7. The number of aliphatic carboxylic acids is 2. The molecule has 0 fully saturated rings. The number of carboxylic acid groups (broad SMARTS) is 2. The van der Waals surface area contributed by atoms with Crippen LogP contribution >= 0.6 is 0 Å². The Kier molecular flexibility index (Phi) is 4.51. The second kappa shape index (κ2) is 5.89. The first-order valence-electron chi connectivity index (χ1n) is 5.01. The van der Waals surface area contributed by atoms with E-state index in [4.69, 9.17) is 10.2 Å². The molecular formula is C11H9F2NO5. The molecule has 19 heavy (non-hydrogen) atoms. The zero-order valence-corrected chi connectivity index (χ0v) is 9.39. The molecule has 102 valence electrons. The van der Waals surface area contributed by atoms with E-state index in [1.54, 1.807) is 5.32 Å². The van der Waals surface area contributed by atoms with Gasteiger partial charge in [-0.1, -0.05) is 0 Å². The lowest BCUT2D eigenvalue weighted by Crippen LogP contribution is -2.42. The average molecular weight is 273 g/mol. The number of hydrogen-bond acceptors (Lipinski definition) is 3. The molecule has 0 aromatic heterocycles. The number of benzene rings is 1. The summed E-state index contributed by atoms with van der Waals surface area (Å²) in [6.07, 6.45) is -0.877. The van der Waals surface area contributed by atoms with Crippen molar-refractivity contribution in [2.45, 2.75) is 12.5 Å². The number of halogens is 2. The molecule has 1 atom stereocenters. The third kappa shape index (κ3) is 4.02. The Hall–Kier alpha value is -2.51. The Balaban J connectivity index is 2.90. The molecule has 0 aliphatic heterocycles. The van der Waals surface area contributed by atoms with Crippen molar-refractivity contribution < 1.29 is 33.4 Å². The van der Waals surface area contributed by atoms with Gasteiger partial charge in [-0.25, -0.2) is 13.6 Å². The zero-order valence-electron chi connectivity index (χ0n) is 9.39. The summed E-state index contributed by atoms with van der Waals surface area (Å²) >= 11 is 0. The highest BCUT2D eigenvalue weighted by Crippen LogP contribution is 2.10. The van der Waals surface area contributed by atoms with E-state index in [1.807, 2.05) is 0 Å². The lowest BCUT2D eigenvalue weighted by molar-refractivity contribution is -0.145. The largest absolute Gasteiger partial charge is 0.481 e.